The number of hydrogen-bond acceptors (Lipinski definition) is 4. The number of hydrogen-bond donors (Lipinski definition) is 4. The molecular weight excluding hydrogens is 436 g/mol. The number of anilines is 2. The van der Waals surface area contributed by atoms with Gasteiger partial charge >= 0.3 is 0 Å². The summed E-state index contributed by atoms with van der Waals surface area (Å²) in [6.45, 7) is 0.353. The molecule has 4 aromatic carbocycles. The number of carbonyl (C=O) groups is 1. The molecule has 7 nitrogen and oxygen atoms in total. The summed E-state index contributed by atoms with van der Waals surface area (Å²) in [7, 11) is 0. The number of aromatic nitrogens is 1. The van der Waals surface area contributed by atoms with E-state index in [4.69, 9.17) is 16.9 Å². The topological polar surface area (TPSA) is 134 Å². The van der Waals surface area contributed by atoms with E-state index in [1.807, 2.05) is 47.0 Å². The Morgan fingerprint density at radius 2 is 1.71 bits per heavy atom. The minimum absolute atomic E-state index is 0.0869. The molecule has 1 amide bonds. The Balaban J connectivity index is 1.72. The number of nitrogens with one attached hydrogen (secondary N) is 2. The van der Waals surface area contributed by atoms with Gasteiger partial charge in [-0.1, -0.05) is 54.6 Å². The number of nitrogen functional groups attached to an aromatic ring is 2. The molecule has 7 heteroatoms. The number of nitrogens with zero attached hydrogens (tertiary/aromatic N) is 2. The van der Waals surface area contributed by atoms with Crippen molar-refractivity contribution in [2.75, 3.05) is 11.1 Å². The lowest BCUT2D eigenvalue weighted by Crippen LogP contribution is -2.19. The van der Waals surface area contributed by atoms with E-state index in [9.17, 15) is 10.1 Å². The van der Waals surface area contributed by atoms with Crippen molar-refractivity contribution in [2.24, 2.45) is 5.73 Å². The molecule has 5 aromatic rings. The van der Waals surface area contributed by atoms with Crippen LogP contribution in [0.2, 0.25) is 0 Å². The van der Waals surface area contributed by atoms with Crippen molar-refractivity contribution in [1.29, 1.82) is 10.7 Å². The number of rotatable bonds is 5. The fourth-order valence-corrected chi connectivity index (χ4v) is 4.39. The van der Waals surface area contributed by atoms with E-state index < -0.39 is 5.91 Å². The van der Waals surface area contributed by atoms with Crippen molar-refractivity contribution in [2.45, 2.75) is 6.54 Å². The third-order valence-electron chi connectivity index (χ3n) is 6.08. The Morgan fingerprint density at radius 3 is 2.46 bits per heavy atom. The van der Waals surface area contributed by atoms with E-state index in [2.05, 4.69) is 11.4 Å². The average molecular weight is 459 g/mol. The first-order valence-corrected chi connectivity index (χ1v) is 11.0. The molecule has 0 unspecified atom stereocenters. The van der Waals surface area contributed by atoms with Gasteiger partial charge in [-0.3, -0.25) is 10.2 Å². The molecule has 0 saturated carbocycles. The van der Waals surface area contributed by atoms with Crippen molar-refractivity contribution < 1.29 is 4.79 Å². The second kappa shape index (κ2) is 8.69. The highest BCUT2D eigenvalue weighted by Gasteiger charge is 2.24. The Hall–Kier alpha value is -5.09. The summed E-state index contributed by atoms with van der Waals surface area (Å²) in [6, 6.07) is 28.3. The molecular formula is C28H22N6O. The highest BCUT2D eigenvalue weighted by molar-refractivity contribution is 6.10. The Labute approximate surface area is 201 Å². The van der Waals surface area contributed by atoms with Gasteiger partial charge in [-0.2, -0.15) is 5.26 Å². The molecule has 6 N–H and O–H groups in total. The predicted octanol–water partition coefficient (Wildman–Crippen LogP) is 4.83. The van der Waals surface area contributed by atoms with E-state index in [0.29, 0.717) is 34.4 Å². The van der Waals surface area contributed by atoms with E-state index in [-0.39, 0.29) is 17.1 Å². The van der Waals surface area contributed by atoms with Gasteiger partial charge in [0.2, 0.25) is 0 Å². The van der Waals surface area contributed by atoms with Gasteiger partial charge in [0.25, 0.3) is 5.91 Å². The summed E-state index contributed by atoms with van der Waals surface area (Å²) in [6.07, 6.45) is 0. The third-order valence-corrected chi connectivity index (χ3v) is 6.08. The lowest BCUT2D eigenvalue weighted by molar-refractivity contribution is 0.101. The molecule has 0 aliphatic rings. The number of amides is 1. The lowest BCUT2D eigenvalue weighted by Gasteiger charge is -2.14. The van der Waals surface area contributed by atoms with Crippen LogP contribution in [0.4, 0.5) is 11.4 Å². The first kappa shape index (κ1) is 21.7. The molecule has 5 rings (SSSR count). The van der Waals surface area contributed by atoms with Gasteiger partial charge in [0.1, 0.15) is 17.6 Å². The van der Waals surface area contributed by atoms with E-state index in [1.54, 1.807) is 42.5 Å². The van der Waals surface area contributed by atoms with Crippen molar-refractivity contribution >= 4 is 44.8 Å². The number of carbonyl (C=O) groups excluding carboxylic acids is 1. The number of amidine groups is 1. The maximum Gasteiger partial charge on any atom is 0.273 e. The van der Waals surface area contributed by atoms with Gasteiger partial charge in [0.05, 0.1) is 11.1 Å². The number of fused-ring (bicyclic) bond motifs is 2. The fourth-order valence-electron chi connectivity index (χ4n) is 4.39. The molecule has 1 aromatic heterocycles. The van der Waals surface area contributed by atoms with Crippen LogP contribution in [0, 0.1) is 16.7 Å². The van der Waals surface area contributed by atoms with Gasteiger partial charge in [0, 0.05) is 28.9 Å². The molecule has 1 heterocycles. The second-order valence-corrected chi connectivity index (χ2v) is 8.28. The zero-order valence-electron chi connectivity index (χ0n) is 18.7. The molecule has 0 radical (unpaired) electrons. The van der Waals surface area contributed by atoms with Gasteiger partial charge in [-0.15, -0.1) is 0 Å². The standard InChI is InChI=1S/C28H22N6O/c29-15-24-23-13-8-18(27(31)32)14-25(23)34(16-19-6-3-5-17-4-1-2-7-22(17)19)26(24)28(35)33-21-11-9-20(30)10-12-21/h1-14H,16,30H2,(H3,31,32)(H,33,35). The van der Waals surface area contributed by atoms with Crippen LogP contribution in [-0.2, 0) is 6.54 Å². The van der Waals surface area contributed by atoms with Gasteiger partial charge in [-0.05, 0) is 46.7 Å². The first-order valence-electron chi connectivity index (χ1n) is 11.0. The predicted molar refractivity (Wildman–Crippen MR) is 140 cm³/mol. The van der Waals surface area contributed by atoms with Crippen LogP contribution in [0.3, 0.4) is 0 Å². The van der Waals surface area contributed by atoms with Gasteiger partial charge < -0.3 is 21.4 Å². The van der Waals surface area contributed by atoms with Crippen molar-refractivity contribution in [3.05, 3.63) is 107 Å². The first-order chi connectivity index (χ1) is 17.0. The lowest BCUT2D eigenvalue weighted by atomic mass is 10.0. The second-order valence-electron chi connectivity index (χ2n) is 8.28. The molecule has 0 aliphatic heterocycles. The zero-order chi connectivity index (χ0) is 24.5. The van der Waals surface area contributed by atoms with E-state index >= 15 is 0 Å². The highest BCUT2D eigenvalue weighted by atomic mass is 16.2. The number of nitrogens with two attached hydrogens (primary N) is 2. The summed E-state index contributed by atoms with van der Waals surface area (Å²) in [4.78, 5) is 13.6. The molecule has 0 aliphatic carbocycles. The van der Waals surface area contributed by atoms with Crippen molar-refractivity contribution in [1.82, 2.24) is 4.57 Å². The Bertz CT molecular complexity index is 1650. The summed E-state index contributed by atoms with van der Waals surface area (Å²) in [5.41, 5.74) is 15.4. The normalized spacial score (nSPS) is 10.8. The third kappa shape index (κ3) is 3.94. The van der Waals surface area contributed by atoms with Crippen LogP contribution >= 0.6 is 0 Å². The SMILES string of the molecule is N#Cc1c(C(=O)Nc2ccc(N)cc2)n(Cc2cccc3ccccc23)c2cc(C(=N)N)ccc12. The number of nitriles is 1. The quantitative estimate of drug-likeness (QED) is 0.170. The van der Waals surface area contributed by atoms with Crippen LogP contribution in [0.15, 0.2) is 84.9 Å². The minimum atomic E-state index is -0.410. The minimum Gasteiger partial charge on any atom is -0.399 e. The Morgan fingerprint density at radius 1 is 0.971 bits per heavy atom. The summed E-state index contributed by atoms with van der Waals surface area (Å²) in [5, 5.41) is 23.6. The molecule has 0 spiro atoms. The maximum atomic E-state index is 13.6. The van der Waals surface area contributed by atoms with Crippen molar-refractivity contribution in [3.8, 4) is 6.07 Å². The largest absolute Gasteiger partial charge is 0.399 e. The van der Waals surface area contributed by atoms with Gasteiger partial charge in [0.15, 0.2) is 0 Å². The summed E-state index contributed by atoms with van der Waals surface area (Å²) >= 11 is 0. The molecule has 170 valence electrons. The van der Waals surface area contributed by atoms with Crippen LogP contribution < -0.4 is 16.8 Å². The number of benzene rings is 4. The van der Waals surface area contributed by atoms with Crippen LogP contribution in [0.1, 0.15) is 27.2 Å². The average Bonchev–Trinajstić information content (AvgIpc) is 3.18. The molecule has 0 bridgehead atoms. The molecule has 0 saturated heterocycles. The fraction of sp³-hybridized carbons (Fsp3) is 0.0357. The van der Waals surface area contributed by atoms with Crippen molar-refractivity contribution in [3.63, 3.8) is 0 Å². The highest BCUT2D eigenvalue weighted by Crippen LogP contribution is 2.30. The van der Waals surface area contributed by atoms with Gasteiger partial charge in [-0.25, -0.2) is 0 Å². The van der Waals surface area contributed by atoms with Crippen LogP contribution in [0.5, 0.6) is 0 Å². The van der Waals surface area contributed by atoms with Crippen LogP contribution in [-0.4, -0.2) is 16.3 Å². The van der Waals surface area contributed by atoms with Crippen LogP contribution in [0.25, 0.3) is 21.7 Å². The van der Waals surface area contributed by atoms with E-state index in [0.717, 1.165) is 16.3 Å². The summed E-state index contributed by atoms with van der Waals surface area (Å²) < 4.78 is 1.83. The monoisotopic (exact) mass is 458 g/mol. The molecule has 35 heavy (non-hydrogen) atoms. The molecule has 0 fully saturated rings. The summed E-state index contributed by atoms with van der Waals surface area (Å²) in [5.74, 6) is -0.497. The molecule has 0 atom stereocenters. The maximum absolute atomic E-state index is 13.6. The Kier molecular flexibility index (Phi) is 5.40. The smallest absolute Gasteiger partial charge is 0.273 e. The zero-order valence-corrected chi connectivity index (χ0v) is 18.7. The van der Waals surface area contributed by atoms with E-state index in [1.165, 1.54) is 0 Å².